The van der Waals surface area contributed by atoms with Crippen LogP contribution in [0.25, 0.3) is 112 Å². The standard InChI is InChI=1S/C48H27N3S2/c1-2-13-30-28(11-1)12-9-18-34(30)44-38-16-3-6-20-40(38)49-48(50-44)51-41-26-23-29(31-17-10-19-36-32-14-4-7-21-42(32)52-46(31)36)27-39(41)35-24-25-37-33-15-5-8-22-43(33)53-47(37)45(35)51/h1-27H. The second-order valence-corrected chi connectivity index (χ2v) is 15.8. The SMILES string of the molecule is c1ccc2c(-c3nc(-n4c5ccc(-c6cccc7c6sc6ccccc67)cc5c5ccc6c7ccccc7sc6c54)nc4ccccc34)cccc2c1. The molecule has 0 aliphatic carbocycles. The number of hydrogen-bond acceptors (Lipinski definition) is 4. The Kier molecular flexibility index (Phi) is 6.09. The van der Waals surface area contributed by atoms with E-state index in [1.165, 1.54) is 73.0 Å². The molecule has 12 aromatic rings. The number of hydrogen-bond donors (Lipinski definition) is 0. The molecule has 3 nitrogen and oxygen atoms in total. The average Bonchev–Trinajstić information content (AvgIpc) is 3.90. The van der Waals surface area contributed by atoms with Gasteiger partial charge in [0, 0.05) is 57.4 Å². The molecule has 0 radical (unpaired) electrons. The Hall–Kier alpha value is -6.40. The largest absolute Gasteiger partial charge is 0.276 e. The molecule has 0 spiro atoms. The lowest BCUT2D eigenvalue weighted by atomic mass is 9.99. The molecule has 0 aliphatic rings. The van der Waals surface area contributed by atoms with Crippen molar-refractivity contribution in [1.82, 2.24) is 14.5 Å². The Labute approximate surface area is 311 Å². The summed E-state index contributed by atoms with van der Waals surface area (Å²) in [6.07, 6.45) is 0. The highest BCUT2D eigenvalue weighted by Gasteiger charge is 2.22. The molecule has 4 heterocycles. The Morgan fingerprint density at radius 1 is 0.415 bits per heavy atom. The van der Waals surface area contributed by atoms with Crippen molar-refractivity contribution >= 4 is 106 Å². The first-order valence-corrected chi connectivity index (χ1v) is 19.5. The predicted octanol–water partition coefficient (Wildman–Crippen LogP) is 13.9. The van der Waals surface area contributed by atoms with Crippen molar-refractivity contribution < 1.29 is 0 Å². The van der Waals surface area contributed by atoms with Crippen LogP contribution in [0.1, 0.15) is 0 Å². The van der Waals surface area contributed by atoms with E-state index in [-0.39, 0.29) is 0 Å². The molecule has 4 aromatic heterocycles. The van der Waals surface area contributed by atoms with Gasteiger partial charge < -0.3 is 0 Å². The molecule has 0 aliphatic heterocycles. The molecule has 0 unspecified atom stereocenters. The van der Waals surface area contributed by atoms with Crippen molar-refractivity contribution in [1.29, 1.82) is 0 Å². The van der Waals surface area contributed by atoms with E-state index in [1.807, 2.05) is 22.7 Å². The van der Waals surface area contributed by atoms with E-state index in [0.717, 1.165) is 33.2 Å². The van der Waals surface area contributed by atoms with E-state index >= 15 is 0 Å². The predicted molar refractivity (Wildman–Crippen MR) is 228 cm³/mol. The zero-order chi connectivity index (χ0) is 34.6. The summed E-state index contributed by atoms with van der Waals surface area (Å²) >= 11 is 3.73. The molecule has 246 valence electrons. The number of aromatic nitrogens is 3. The third-order valence-electron chi connectivity index (χ3n) is 10.8. The molecule has 0 bridgehead atoms. The Morgan fingerprint density at radius 2 is 1.04 bits per heavy atom. The molecule has 0 saturated carbocycles. The van der Waals surface area contributed by atoms with Gasteiger partial charge in [0.05, 0.1) is 26.9 Å². The van der Waals surface area contributed by atoms with Gasteiger partial charge in [-0.1, -0.05) is 133 Å². The summed E-state index contributed by atoms with van der Waals surface area (Å²) in [6.45, 7) is 0. The molecule has 12 rings (SSSR count). The monoisotopic (exact) mass is 709 g/mol. The minimum Gasteiger partial charge on any atom is -0.276 e. The van der Waals surface area contributed by atoms with Crippen LogP contribution in [0.2, 0.25) is 0 Å². The molecule has 0 fully saturated rings. The zero-order valence-corrected chi connectivity index (χ0v) is 29.9. The number of para-hydroxylation sites is 1. The van der Waals surface area contributed by atoms with E-state index in [9.17, 15) is 0 Å². The Bertz CT molecular complexity index is 3470. The first kappa shape index (κ1) is 29.2. The van der Waals surface area contributed by atoms with Crippen molar-refractivity contribution in [3.63, 3.8) is 0 Å². The highest BCUT2D eigenvalue weighted by molar-refractivity contribution is 7.27. The van der Waals surface area contributed by atoms with Gasteiger partial charge in [-0.05, 0) is 52.2 Å². The van der Waals surface area contributed by atoms with Gasteiger partial charge in [-0.25, -0.2) is 9.97 Å². The normalized spacial score (nSPS) is 12.2. The summed E-state index contributed by atoms with van der Waals surface area (Å²) in [5.41, 5.74) is 7.68. The summed E-state index contributed by atoms with van der Waals surface area (Å²) in [4.78, 5) is 10.9. The summed E-state index contributed by atoms with van der Waals surface area (Å²) in [5, 5.41) is 11.0. The number of benzene rings is 8. The molecular formula is C48H27N3S2. The second kappa shape index (κ2) is 11.1. The van der Waals surface area contributed by atoms with Crippen LogP contribution < -0.4 is 0 Å². The van der Waals surface area contributed by atoms with Crippen LogP contribution in [0.3, 0.4) is 0 Å². The fraction of sp³-hybridized carbons (Fsp3) is 0. The van der Waals surface area contributed by atoms with Crippen LogP contribution in [0.15, 0.2) is 164 Å². The van der Waals surface area contributed by atoms with Gasteiger partial charge in [-0.3, -0.25) is 4.57 Å². The van der Waals surface area contributed by atoms with Crippen molar-refractivity contribution in [2.24, 2.45) is 0 Å². The van der Waals surface area contributed by atoms with Crippen LogP contribution in [0, 0.1) is 0 Å². The maximum Gasteiger partial charge on any atom is 0.235 e. The van der Waals surface area contributed by atoms with Gasteiger partial charge in [0.15, 0.2) is 0 Å². The Balaban J connectivity index is 1.20. The van der Waals surface area contributed by atoms with Crippen LogP contribution in [0.4, 0.5) is 0 Å². The first-order valence-electron chi connectivity index (χ1n) is 17.8. The second-order valence-electron chi connectivity index (χ2n) is 13.7. The number of thiophene rings is 2. The fourth-order valence-electron chi connectivity index (χ4n) is 8.43. The van der Waals surface area contributed by atoms with E-state index in [1.54, 1.807) is 0 Å². The number of nitrogens with zero attached hydrogens (tertiary/aromatic N) is 3. The molecule has 0 saturated heterocycles. The molecule has 53 heavy (non-hydrogen) atoms. The topological polar surface area (TPSA) is 30.7 Å². The first-order chi connectivity index (χ1) is 26.3. The molecular weight excluding hydrogens is 683 g/mol. The average molecular weight is 710 g/mol. The van der Waals surface area contributed by atoms with Crippen LogP contribution in [-0.2, 0) is 0 Å². The number of rotatable bonds is 3. The summed E-state index contributed by atoms with van der Waals surface area (Å²) in [5.74, 6) is 0.677. The molecule has 0 N–H and O–H groups in total. The van der Waals surface area contributed by atoms with Gasteiger partial charge in [-0.15, -0.1) is 22.7 Å². The van der Waals surface area contributed by atoms with Gasteiger partial charge in [0.25, 0.3) is 0 Å². The van der Waals surface area contributed by atoms with E-state index in [4.69, 9.17) is 9.97 Å². The third-order valence-corrected chi connectivity index (χ3v) is 13.2. The van der Waals surface area contributed by atoms with E-state index in [0.29, 0.717) is 5.95 Å². The highest BCUT2D eigenvalue weighted by atomic mass is 32.1. The smallest absolute Gasteiger partial charge is 0.235 e. The Morgan fingerprint density at radius 3 is 1.89 bits per heavy atom. The van der Waals surface area contributed by atoms with Gasteiger partial charge in [0.1, 0.15) is 0 Å². The minimum absolute atomic E-state index is 0.677. The lowest BCUT2D eigenvalue weighted by Gasteiger charge is -2.13. The van der Waals surface area contributed by atoms with Crippen molar-refractivity contribution in [3.05, 3.63) is 164 Å². The summed E-state index contributed by atoms with van der Waals surface area (Å²) < 4.78 is 7.49. The lowest BCUT2D eigenvalue weighted by Crippen LogP contribution is -2.03. The van der Waals surface area contributed by atoms with Crippen LogP contribution >= 0.6 is 22.7 Å². The van der Waals surface area contributed by atoms with Crippen LogP contribution in [-0.4, -0.2) is 14.5 Å². The maximum absolute atomic E-state index is 5.53. The zero-order valence-electron chi connectivity index (χ0n) is 28.2. The van der Waals surface area contributed by atoms with Crippen LogP contribution in [0.5, 0.6) is 0 Å². The third kappa shape index (κ3) is 4.20. The van der Waals surface area contributed by atoms with E-state index in [2.05, 4.69) is 168 Å². The molecule has 0 amide bonds. The highest BCUT2D eigenvalue weighted by Crippen LogP contribution is 2.45. The quantitative estimate of drug-likeness (QED) is 0.183. The lowest BCUT2D eigenvalue weighted by molar-refractivity contribution is 1.02. The molecule has 0 atom stereocenters. The molecule has 5 heteroatoms. The maximum atomic E-state index is 5.53. The van der Waals surface area contributed by atoms with Crippen molar-refractivity contribution in [2.45, 2.75) is 0 Å². The summed E-state index contributed by atoms with van der Waals surface area (Å²) in [7, 11) is 0. The van der Waals surface area contributed by atoms with Gasteiger partial charge in [-0.2, -0.15) is 0 Å². The van der Waals surface area contributed by atoms with Crippen molar-refractivity contribution in [3.8, 4) is 28.3 Å². The van der Waals surface area contributed by atoms with Gasteiger partial charge in [0.2, 0.25) is 5.95 Å². The van der Waals surface area contributed by atoms with Gasteiger partial charge >= 0.3 is 0 Å². The van der Waals surface area contributed by atoms with E-state index < -0.39 is 0 Å². The fourth-order valence-corrected chi connectivity index (χ4v) is 10.9. The minimum atomic E-state index is 0.677. The van der Waals surface area contributed by atoms with Crippen molar-refractivity contribution in [2.75, 3.05) is 0 Å². The molecule has 8 aromatic carbocycles. The summed E-state index contributed by atoms with van der Waals surface area (Å²) in [6, 6.07) is 59.3. The number of fused-ring (bicyclic) bond motifs is 12.